The molecule has 29 heteroatoms. The Labute approximate surface area is 436 Å². The van der Waals surface area contributed by atoms with Crippen LogP contribution in [0, 0.1) is 68.0 Å². The minimum Gasteiger partial charge on any atom is -0.506 e. The SMILES string of the molecule is [NaH].[NaH].[NaH].[NaH].[NaH].[NaH].[NaH].[NaH].[NaH].[NaH].[NaH].[O-][Cl+]O.[O-][Cl+]O.[O-][Cl+]O.[O-][Cl+]O.[O-][Cl+]O.[O-][Cl+]O. The monoisotopic (exact) mass is 672 g/mol. The van der Waals surface area contributed by atoms with E-state index in [0.29, 0.717) is 0 Å². The summed E-state index contributed by atoms with van der Waals surface area (Å²) >= 11 is -1.00. The smallest absolute Gasteiger partial charge is 0.327 e. The number of rotatable bonds is 0. The molecular formula is H17Cl6Na11O12. The first-order valence-electron chi connectivity index (χ1n) is 1.94. The van der Waals surface area contributed by atoms with Crippen molar-refractivity contribution in [3.63, 3.8) is 0 Å². The normalized spacial score (nSPS) is 3.72. The van der Waals surface area contributed by atoms with Crippen LogP contribution in [-0.4, -0.2) is 353 Å². The molecular weight excluding hydrogens is 658 g/mol. The third-order valence-electron chi connectivity index (χ3n) is 0. The van der Waals surface area contributed by atoms with Gasteiger partial charge >= 0.3 is 393 Å². The molecule has 0 rings (SSSR count). The Balaban J connectivity index is -0.00000000369. The Morgan fingerprint density at radius 3 is 0.241 bits per heavy atom. The van der Waals surface area contributed by atoms with E-state index in [1.807, 2.05) is 0 Å². The van der Waals surface area contributed by atoms with E-state index in [1.165, 1.54) is 0 Å². The molecule has 0 saturated carbocycles. The van der Waals surface area contributed by atoms with Gasteiger partial charge in [-0.3, -0.25) is 0 Å². The van der Waals surface area contributed by atoms with Crippen molar-refractivity contribution < 1.29 is 124 Å². The predicted octanol–water partition coefficient (Wildman–Crippen LogP) is -17.6. The number of hydrogen-bond donors (Lipinski definition) is 6. The van der Waals surface area contributed by atoms with Crippen LogP contribution in [0.4, 0.5) is 0 Å². The van der Waals surface area contributed by atoms with Gasteiger partial charge in [0.1, 0.15) is 0 Å². The van der Waals surface area contributed by atoms with Crippen molar-refractivity contribution in [2.24, 2.45) is 0 Å². The Hall–Kier alpha value is 12.3. The molecule has 0 aliphatic heterocycles. The zero-order valence-electron chi connectivity index (χ0n) is 7.40. The van der Waals surface area contributed by atoms with Crippen molar-refractivity contribution in [2.45, 2.75) is 0 Å². The molecule has 0 bridgehead atoms. The van der Waals surface area contributed by atoms with Crippen LogP contribution in [0.25, 0.3) is 0 Å². The fourth-order valence-corrected chi connectivity index (χ4v) is 0. The summed E-state index contributed by atoms with van der Waals surface area (Å²) < 4.78 is 91.3. The fourth-order valence-electron chi connectivity index (χ4n) is 0. The van der Waals surface area contributed by atoms with Crippen LogP contribution < -0.4 is 28.0 Å². The summed E-state index contributed by atoms with van der Waals surface area (Å²) in [7, 11) is 0. The predicted molar refractivity (Wildman–Crippen MR) is 92.0 cm³/mol. The van der Waals surface area contributed by atoms with E-state index >= 15 is 0 Å². The van der Waals surface area contributed by atoms with E-state index in [2.05, 4.69) is 0 Å². The topological polar surface area (TPSA) is 260 Å². The molecule has 12 nitrogen and oxygen atoms in total. The van der Waals surface area contributed by atoms with Gasteiger partial charge in [0, 0.05) is 0 Å². The molecule has 29 heavy (non-hydrogen) atoms. The molecule has 0 unspecified atom stereocenters. The summed E-state index contributed by atoms with van der Waals surface area (Å²) in [4.78, 5) is 0. The van der Waals surface area contributed by atoms with Crippen molar-refractivity contribution in [3.05, 3.63) is 0 Å². The van der Waals surface area contributed by atoms with E-state index in [-0.39, 0.29) is 393 Å². The summed E-state index contributed by atoms with van der Waals surface area (Å²) in [6.07, 6.45) is 0. The summed E-state index contributed by atoms with van der Waals surface area (Å²) in [5.41, 5.74) is 0. The Morgan fingerprint density at radius 2 is 0.241 bits per heavy atom. The first kappa shape index (κ1) is 114. The third kappa shape index (κ3) is 392. The van der Waals surface area contributed by atoms with Gasteiger partial charge in [-0.1, -0.05) is 0 Å². The van der Waals surface area contributed by atoms with Crippen LogP contribution in [0.2, 0.25) is 0 Å². The van der Waals surface area contributed by atoms with Crippen LogP contribution >= 0.6 is 0 Å². The molecule has 0 heterocycles. The Bertz CT molecular complexity index is 59.8. The average Bonchev–Trinajstić information content (AvgIpc) is 2.23. The Kier molecular flexibility index (Phi) is 729. The second kappa shape index (κ2) is 186. The van der Waals surface area contributed by atoms with E-state index in [4.69, 9.17) is 55.9 Å². The summed E-state index contributed by atoms with van der Waals surface area (Å²) in [5, 5.41) is 0. The van der Waals surface area contributed by atoms with Crippen LogP contribution in [-0.2, 0) is 0 Å². The van der Waals surface area contributed by atoms with Crippen LogP contribution in [0.3, 0.4) is 0 Å². The first-order valence-corrected chi connectivity index (χ1v) is 5.82. The molecule has 0 aromatic rings. The van der Waals surface area contributed by atoms with Gasteiger partial charge < -0.3 is 28.0 Å². The molecule has 0 aliphatic carbocycles. The number of hydrogen-bond acceptors (Lipinski definition) is 12. The summed E-state index contributed by atoms with van der Waals surface area (Å²) in [5.74, 6) is 0. The van der Waals surface area contributed by atoms with Gasteiger partial charge in [-0.25, -0.2) is 0 Å². The van der Waals surface area contributed by atoms with Gasteiger partial charge in [-0.2, -0.15) is 0 Å². The quantitative estimate of drug-likeness (QED) is 0.131. The maximum atomic E-state index is 8.35. The number of halogens is 6. The van der Waals surface area contributed by atoms with Crippen LogP contribution in [0.1, 0.15) is 0 Å². The van der Waals surface area contributed by atoms with Crippen molar-refractivity contribution in [3.8, 4) is 0 Å². The van der Waals surface area contributed by atoms with E-state index in [0.717, 1.165) is 0 Å². The minimum absolute atomic E-state index is 0. The molecule has 0 fully saturated rings. The van der Waals surface area contributed by atoms with Gasteiger partial charge in [-0.15, -0.1) is 28.0 Å². The zero-order valence-corrected chi connectivity index (χ0v) is 11.9. The summed E-state index contributed by atoms with van der Waals surface area (Å²) in [6.45, 7) is 0. The zero-order chi connectivity index (χ0) is 16.2. The van der Waals surface area contributed by atoms with Crippen LogP contribution in [0.5, 0.6) is 0 Å². The molecule has 0 saturated heterocycles. The standard InChI is InChI=1S/6ClHO2.11Na.11H/c6*2-1-3;;;;;;;;;;;;;;;;;;;;;;/h6*2H;;;;;;;;;;;;;;;;;;;;;;. The molecule has 0 amide bonds. The van der Waals surface area contributed by atoms with Gasteiger partial charge in [0.15, 0.2) is 0 Å². The maximum Gasteiger partial charge on any atom is 0.327 e. The molecule has 0 atom stereocenters. The van der Waals surface area contributed by atoms with Crippen molar-refractivity contribution in [2.75, 3.05) is 0 Å². The molecule has 0 radical (unpaired) electrons. The summed E-state index contributed by atoms with van der Waals surface area (Å²) in [6, 6.07) is 0. The largest absolute Gasteiger partial charge is 0.506 e. The van der Waals surface area contributed by atoms with E-state index in [1.54, 1.807) is 0 Å². The van der Waals surface area contributed by atoms with Crippen molar-refractivity contribution >= 4 is 325 Å². The minimum atomic E-state index is -0.167. The average molecular weight is 675 g/mol. The first-order chi connectivity index (χ1) is 8.49. The van der Waals surface area contributed by atoms with E-state index < -0.39 is 0 Å². The molecule has 0 aromatic carbocycles. The van der Waals surface area contributed by atoms with Gasteiger partial charge in [0.25, 0.3) is 0 Å². The van der Waals surface area contributed by atoms with Gasteiger partial charge in [-0.05, 0) is 0 Å². The van der Waals surface area contributed by atoms with Crippen molar-refractivity contribution in [1.82, 2.24) is 0 Å². The molecule has 0 spiro atoms. The van der Waals surface area contributed by atoms with E-state index in [9.17, 15) is 0 Å². The third-order valence-corrected chi connectivity index (χ3v) is 0. The van der Waals surface area contributed by atoms with Gasteiger partial charge in [0.05, 0.1) is 0 Å². The Morgan fingerprint density at radius 1 is 0.241 bits per heavy atom. The second-order valence-corrected chi connectivity index (χ2v) is 1.24. The second-order valence-electron chi connectivity index (χ2n) is 0.414. The molecule has 0 aromatic heterocycles. The molecule has 6 N–H and O–H groups in total. The van der Waals surface area contributed by atoms with Crippen LogP contribution in [0.15, 0.2) is 0 Å². The van der Waals surface area contributed by atoms with Crippen molar-refractivity contribution in [1.29, 1.82) is 0 Å². The maximum absolute atomic E-state index is 8.35. The molecule has 0 aliphatic rings. The fraction of sp³-hybridized carbons (Fsp3) is 0. The molecule has 142 valence electrons. The van der Waals surface area contributed by atoms with Gasteiger partial charge in [0.2, 0.25) is 0 Å².